The van der Waals surface area contributed by atoms with Crippen LogP contribution in [0.1, 0.15) is 28.8 Å². The first-order chi connectivity index (χ1) is 12.1. The molecule has 25 heavy (non-hydrogen) atoms. The molecular formula is C18H20N4O3. The first-order valence-corrected chi connectivity index (χ1v) is 8.12. The molecule has 0 bridgehead atoms. The smallest absolute Gasteiger partial charge is 0.253 e. The summed E-state index contributed by atoms with van der Waals surface area (Å²) in [6.07, 6.45) is 4.33. The topological polar surface area (TPSA) is 106 Å². The Kier molecular flexibility index (Phi) is 5.25. The van der Waals surface area contributed by atoms with Crippen LogP contribution in [-0.4, -0.2) is 29.5 Å². The largest absolute Gasteiger partial charge is 0.380 e. The zero-order valence-corrected chi connectivity index (χ0v) is 13.7. The Labute approximate surface area is 145 Å². The SMILES string of the molecule is NC(=O)c1cnccc1NCc1cccc(NC(=O)C2CCCO2)c1. The summed E-state index contributed by atoms with van der Waals surface area (Å²) in [6.45, 7) is 1.12. The second-order valence-electron chi connectivity index (χ2n) is 5.83. The normalized spacial score (nSPS) is 16.4. The second-order valence-corrected chi connectivity index (χ2v) is 5.83. The molecule has 0 saturated carbocycles. The highest BCUT2D eigenvalue weighted by molar-refractivity contribution is 5.98. The van der Waals surface area contributed by atoms with Gasteiger partial charge >= 0.3 is 0 Å². The summed E-state index contributed by atoms with van der Waals surface area (Å²) in [5.41, 5.74) is 7.97. The van der Waals surface area contributed by atoms with E-state index in [1.807, 2.05) is 24.3 Å². The van der Waals surface area contributed by atoms with Crippen LogP contribution in [0.25, 0.3) is 0 Å². The number of hydrogen-bond donors (Lipinski definition) is 3. The summed E-state index contributed by atoms with van der Waals surface area (Å²) in [4.78, 5) is 27.4. The number of nitrogens with one attached hydrogen (secondary N) is 2. The average Bonchev–Trinajstić information content (AvgIpc) is 3.15. The summed E-state index contributed by atoms with van der Waals surface area (Å²) in [5, 5.41) is 6.04. The maximum atomic E-state index is 12.1. The zero-order valence-electron chi connectivity index (χ0n) is 13.7. The Balaban J connectivity index is 1.64. The fraction of sp³-hybridized carbons (Fsp3) is 0.278. The summed E-state index contributed by atoms with van der Waals surface area (Å²) in [7, 11) is 0. The van der Waals surface area contributed by atoms with Crippen LogP contribution in [0, 0.1) is 0 Å². The van der Waals surface area contributed by atoms with Crippen molar-refractivity contribution >= 4 is 23.2 Å². The molecule has 4 N–H and O–H groups in total. The van der Waals surface area contributed by atoms with Crippen LogP contribution in [0.4, 0.5) is 11.4 Å². The van der Waals surface area contributed by atoms with Crippen LogP contribution in [0.5, 0.6) is 0 Å². The van der Waals surface area contributed by atoms with Crippen molar-refractivity contribution in [3.05, 3.63) is 53.9 Å². The van der Waals surface area contributed by atoms with E-state index in [1.54, 1.807) is 12.3 Å². The highest BCUT2D eigenvalue weighted by atomic mass is 16.5. The van der Waals surface area contributed by atoms with E-state index in [0.29, 0.717) is 30.1 Å². The number of anilines is 2. The van der Waals surface area contributed by atoms with E-state index in [9.17, 15) is 9.59 Å². The van der Waals surface area contributed by atoms with Gasteiger partial charge in [0, 0.05) is 31.2 Å². The lowest BCUT2D eigenvalue weighted by Gasteiger charge is -2.13. The standard InChI is InChI=1S/C18H20N4O3/c19-17(23)14-11-20-7-6-15(14)21-10-12-3-1-4-13(9-12)22-18(24)16-5-2-8-25-16/h1,3-4,6-7,9,11,16H,2,5,8,10H2,(H2,19,23)(H,20,21)(H,22,24). The fourth-order valence-electron chi connectivity index (χ4n) is 2.71. The van der Waals surface area contributed by atoms with Crippen molar-refractivity contribution in [2.75, 3.05) is 17.2 Å². The predicted molar refractivity (Wildman–Crippen MR) is 94.1 cm³/mol. The number of nitrogens with two attached hydrogens (primary N) is 1. The number of carbonyl (C=O) groups excluding carboxylic acids is 2. The van der Waals surface area contributed by atoms with Crippen LogP contribution >= 0.6 is 0 Å². The Morgan fingerprint density at radius 2 is 2.20 bits per heavy atom. The van der Waals surface area contributed by atoms with E-state index < -0.39 is 5.91 Å². The van der Waals surface area contributed by atoms with E-state index in [2.05, 4.69) is 15.6 Å². The highest BCUT2D eigenvalue weighted by Gasteiger charge is 2.23. The van der Waals surface area contributed by atoms with Crippen LogP contribution < -0.4 is 16.4 Å². The molecule has 1 unspecified atom stereocenters. The molecule has 7 heteroatoms. The van der Waals surface area contributed by atoms with E-state index in [0.717, 1.165) is 18.4 Å². The zero-order chi connectivity index (χ0) is 17.6. The number of amides is 2. The van der Waals surface area contributed by atoms with Gasteiger partial charge in [0.1, 0.15) is 6.10 Å². The van der Waals surface area contributed by atoms with Crippen LogP contribution in [0.2, 0.25) is 0 Å². The van der Waals surface area contributed by atoms with E-state index in [1.165, 1.54) is 6.20 Å². The van der Waals surface area contributed by atoms with E-state index >= 15 is 0 Å². The lowest BCUT2D eigenvalue weighted by molar-refractivity contribution is -0.124. The quantitative estimate of drug-likeness (QED) is 0.745. The van der Waals surface area contributed by atoms with Crippen LogP contribution in [0.15, 0.2) is 42.7 Å². The van der Waals surface area contributed by atoms with Gasteiger partial charge in [-0.05, 0) is 36.6 Å². The van der Waals surface area contributed by atoms with E-state index in [4.69, 9.17) is 10.5 Å². The minimum Gasteiger partial charge on any atom is -0.380 e. The molecule has 1 atom stereocenters. The van der Waals surface area contributed by atoms with Crippen molar-refractivity contribution in [1.29, 1.82) is 0 Å². The number of aromatic nitrogens is 1. The summed E-state index contributed by atoms with van der Waals surface area (Å²) < 4.78 is 5.38. The monoisotopic (exact) mass is 340 g/mol. The molecule has 0 spiro atoms. The molecule has 3 rings (SSSR count). The molecular weight excluding hydrogens is 320 g/mol. The van der Waals surface area contributed by atoms with Crippen LogP contribution in [0.3, 0.4) is 0 Å². The van der Waals surface area contributed by atoms with Gasteiger partial charge in [0.25, 0.3) is 11.8 Å². The van der Waals surface area contributed by atoms with Gasteiger partial charge in [-0.3, -0.25) is 14.6 Å². The number of hydrogen-bond acceptors (Lipinski definition) is 5. The number of pyridine rings is 1. The molecule has 1 aliphatic rings. The molecule has 0 aliphatic carbocycles. The maximum absolute atomic E-state index is 12.1. The van der Waals surface area contributed by atoms with Gasteiger partial charge in [0.05, 0.1) is 11.3 Å². The summed E-state index contributed by atoms with van der Waals surface area (Å²) in [5.74, 6) is -0.652. The van der Waals surface area contributed by atoms with Crippen molar-refractivity contribution < 1.29 is 14.3 Å². The Hall–Kier alpha value is -2.93. The minimum atomic E-state index is -0.534. The van der Waals surface area contributed by atoms with Gasteiger partial charge in [-0.1, -0.05) is 12.1 Å². The number of primary amides is 1. The Morgan fingerprint density at radius 3 is 2.96 bits per heavy atom. The Morgan fingerprint density at radius 1 is 1.32 bits per heavy atom. The molecule has 1 aromatic carbocycles. The van der Waals surface area contributed by atoms with Crippen molar-refractivity contribution in [3.63, 3.8) is 0 Å². The maximum Gasteiger partial charge on any atom is 0.253 e. The first kappa shape index (κ1) is 16.9. The third-order valence-electron chi connectivity index (χ3n) is 3.99. The molecule has 1 aromatic heterocycles. The van der Waals surface area contributed by atoms with Crippen molar-refractivity contribution in [2.24, 2.45) is 5.73 Å². The molecule has 1 aliphatic heterocycles. The predicted octanol–water partition coefficient (Wildman–Crippen LogP) is 1.91. The minimum absolute atomic E-state index is 0.118. The molecule has 7 nitrogen and oxygen atoms in total. The van der Waals surface area contributed by atoms with Gasteiger partial charge < -0.3 is 21.1 Å². The second kappa shape index (κ2) is 7.76. The molecule has 2 aromatic rings. The Bertz CT molecular complexity index is 772. The van der Waals surface area contributed by atoms with E-state index in [-0.39, 0.29) is 12.0 Å². The fourth-order valence-corrected chi connectivity index (χ4v) is 2.71. The van der Waals surface area contributed by atoms with Crippen molar-refractivity contribution in [1.82, 2.24) is 4.98 Å². The first-order valence-electron chi connectivity index (χ1n) is 8.12. The van der Waals surface area contributed by atoms with Crippen molar-refractivity contribution in [2.45, 2.75) is 25.5 Å². The summed E-state index contributed by atoms with van der Waals surface area (Å²) in [6, 6.07) is 9.20. The third-order valence-corrected chi connectivity index (χ3v) is 3.99. The van der Waals surface area contributed by atoms with Crippen LogP contribution in [-0.2, 0) is 16.1 Å². The molecule has 1 saturated heterocycles. The lowest BCUT2D eigenvalue weighted by atomic mass is 10.1. The van der Waals surface area contributed by atoms with Gasteiger partial charge in [-0.15, -0.1) is 0 Å². The molecule has 1 fully saturated rings. The molecule has 0 radical (unpaired) electrons. The molecule has 2 amide bonds. The van der Waals surface area contributed by atoms with Gasteiger partial charge in [0.15, 0.2) is 0 Å². The number of nitrogens with zero attached hydrogens (tertiary/aromatic N) is 1. The highest BCUT2D eigenvalue weighted by Crippen LogP contribution is 2.18. The average molecular weight is 340 g/mol. The van der Waals surface area contributed by atoms with Gasteiger partial charge in [0.2, 0.25) is 0 Å². The number of ether oxygens (including phenoxy) is 1. The lowest BCUT2D eigenvalue weighted by Crippen LogP contribution is -2.26. The molecule has 2 heterocycles. The summed E-state index contributed by atoms with van der Waals surface area (Å²) >= 11 is 0. The van der Waals surface area contributed by atoms with Crippen molar-refractivity contribution in [3.8, 4) is 0 Å². The number of carbonyl (C=O) groups is 2. The van der Waals surface area contributed by atoms with Gasteiger partial charge in [-0.2, -0.15) is 0 Å². The third kappa shape index (κ3) is 4.33. The van der Waals surface area contributed by atoms with Gasteiger partial charge in [-0.25, -0.2) is 0 Å². The number of benzene rings is 1. The number of rotatable bonds is 6. The molecule has 130 valence electrons.